The Morgan fingerprint density at radius 1 is 1.44 bits per heavy atom. The van der Waals surface area contributed by atoms with Gasteiger partial charge in [-0.25, -0.2) is 8.78 Å². The number of rotatable bonds is 8. The molecule has 2 atom stereocenters. The molecule has 0 amide bonds. The molecule has 0 aromatic rings. The SMILES string of the molecule is CCN1CCCC(C(C)NCCOCC(F)F)C1. The first-order valence-corrected chi connectivity index (χ1v) is 6.95. The topological polar surface area (TPSA) is 24.5 Å². The highest BCUT2D eigenvalue weighted by atomic mass is 19.3. The molecule has 18 heavy (non-hydrogen) atoms. The van der Waals surface area contributed by atoms with Gasteiger partial charge in [0.25, 0.3) is 6.43 Å². The van der Waals surface area contributed by atoms with E-state index in [-0.39, 0.29) is 0 Å². The van der Waals surface area contributed by atoms with Gasteiger partial charge >= 0.3 is 0 Å². The van der Waals surface area contributed by atoms with Crippen molar-refractivity contribution in [3.05, 3.63) is 0 Å². The zero-order chi connectivity index (χ0) is 13.4. The second-order valence-corrected chi connectivity index (χ2v) is 5.00. The third-order valence-electron chi connectivity index (χ3n) is 3.65. The Bertz CT molecular complexity index is 217. The van der Waals surface area contributed by atoms with Crippen LogP contribution in [0.15, 0.2) is 0 Å². The van der Waals surface area contributed by atoms with Gasteiger partial charge in [-0.15, -0.1) is 0 Å². The van der Waals surface area contributed by atoms with E-state index >= 15 is 0 Å². The minimum Gasteiger partial charge on any atom is -0.374 e. The molecule has 108 valence electrons. The van der Waals surface area contributed by atoms with Crippen LogP contribution < -0.4 is 5.32 Å². The molecule has 5 heteroatoms. The molecule has 0 radical (unpaired) electrons. The quantitative estimate of drug-likeness (QED) is 0.678. The number of hydrogen-bond acceptors (Lipinski definition) is 3. The third-order valence-corrected chi connectivity index (χ3v) is 3.65. The molecular formula is C13H26F2N2O. The number of likely N-dealkylation sites (tertiary alicyclic amines) is 1. The fourth-order valence-electron chi connectivity index (χ4n) is 2.48. The molecular weight excluding hydrogens is 238 g/mol. The smallest absolute Gasteiger partial charge is 0.261 e. The monoisotopic (exact) mass is 264 g/mol. The lowest BCUT2D eigenvalue weighted by atomic mass is 9.91. The molecule has 0 aliphatic carbocycles. The highest BCUT2D eigenvalue weighted by molar-refractivity contribution is 4.79. The third kappa shape index (κ3) is 6.07. The van der Waals surface area contributed by atoms with Gasteiger partial charge in [0.15, 0.2) is 0 Å². The first-order chi connectivity index (χ1) is 8.63. The molecule has 3 nitrogen and oxygen atoms in total. The van der Waals surface area contributed by atoms with Gasteiger partial charge in [0, 0.05) is 19.1 Å². The lowest BCUT2D eigenvalue weighted by Crippen LogP contribution is -2.45. The van der Waals surface area contributed by atoms with E-state index in [1.54, 1.807) is 0 Å². The minimum atomic E-state index is -2.36. The van der Waals surface area contributed by atoms with Crippen LogP contribution in [0.2, 0.25) is 0 Å². The van der Waals surface area contributed by atoms with Crippen LogP contribution in [0, 0.1) is 5.92 Å². The Labute approximate surface area is 109 Å². The highest BCUT2D eigenvalue weighted by Crippen LogP contribution is 2.19. The largest absolute Gasteiger partial charge is 0.374 e. The Kier molecular flexibility index (Phi) is 7.70. The fraction of sp³-hybridized carbons (Fsp3) is 1.00. The van der Waals surface area contributed by atoms with Crippen LogP contribution in [0.25, 0.3) is 0 Å². The first-order valence-electron chi connectivity index (χ1n) is 6.95. The first kappa shape index (κ1) is 15.8. The summed E-state index contributed by atoms with van der Waals surface area (Å²) in [4.78, 5) is 2.47. The van der Waals surface area contributed by atoms with Gasteiger partial charge in [-0.3, -0.25) is 0 Å². The molecule has 0 saturated carbocycles. The van der Waals surface area contributed by atoms with E-state index in [0.29, 0.717) is 25.1 Å². The molecule has 1 heterocycles. The van der Waals surface area contributed by atoms with E-state index in [0.717, 1.165) is 13.1 Å². The van der Waals surface area contributed by atoms with Crippen LogP contribution in [0.3, 0.4) is 0 Å². The molecule has 1 N–H and O–H groups in total. The second-order valence-electron chi connectivity index (χ2n) is 5.00. The molecule has 1 aliphatic rings. The van der Waals surface area contributed by atoms with Crippen LogP contribution in [-0.4, -0.2) is 56.8 Å². The molecule has 1 rings (SSSR count). The predicted molar refractivity (Wildman–Crippen MR) is 69.1 cm³/mol. The number of alkyl halides is 2. The van der Waals surface area contributed by atoms with Crippen molar-refractivity contribution in [1.29, 1.82) is 0 Å². The zero-order valence-electron chi connectivity index (χ0n) is 11.5. The molecule has 1 saturated heterocycles. The number of nitrogens with one attached hydrogen (secondary N) is 1. The molecule has 1 aliphatic heterocycles. The van der Waals surface area contributed by atoms with E-state index < -0.39 is 13.0 Å². The summed E-state index contributed by atoms with van der Waals surface area (Å²) in [5.41, 5.74) is 0. The Balaban J connectivity index is 2.10. The van der Waals surface area contributed by atoms with Crippen molar-refractivity contribution in [1.82, 2.24) is 10.2 Å². The molecule has 0 spiro atoms. The van der Waals surface area contributed by atoms with Gasteiger partial charge in [-0.05, 0) is 38.8 Å². The van der Waals surface area contributed by atoms with Crippen molar-refractivity contribution in [2.45, 2.75) is 39.2 Å². The lowest BCUT2D eigenvalue weighted by molar-refractivity contribution is 0.0175. The molecule has 2 unspecified atom stereocenters. The van der Waals surface area contributed by atoms with Gasteiger partial charge in [-0.2, -0.15) is 0 Å². The van der Waals surface area contributed by atoms with Crippen molar-refractivity contribution in [2.24, 2.45) is 5.92 Å². The van der Waals surface area contributed by atoms with Gasteiger partial charge in [0.1, 0.15) is 6.61 Å². The van der Waals surface area contributed by atoms with Crippen molar-refractivity contribution >= 4 is 0 Å². The van der Waals surface area contributed by atoms with Gasteiger partial charge in [-0.1, -0.05) is 6.92 Å². The van der Waals surface area contributed by atoms with Crippen molar-refractivity contribution in [3.63, 3.8) is 0 Å². The maximum Gasteiger partial charge on any atom is 0.261 e. The van der Waals surface area contributed by atoms with Gasteiger partial charge in [0.2, 0.25) is 0 Å². The van der Waals surface area contributed by atoms with E-state index in [9.17, 15) is 8.78 Å². The number of halogens is 2. The predicted octanol–water partition coefficient (Wildman–Crippen LogP) is 1.98. The van der Waals surface area contributed by atoms with Crippen LogP contribution >= 0.6 is 0 Å². The summed E-state index contributed by atoms with van der Waals surface area (Å²) in [5, 5.41) is 3.37. The van der Waals surface area contributed by atoms with E-state index in [4.69, 9.17) is 4.74 Å². The fourth-order valence-corrected chi connectivity index (χ4v) is 2.48. The molecule has 1 fully saturated rings. The standard InChI is InChI=1S/C13H26F2N2O/c1-3-17-7-4-5-12(9-17)11(2)16-6-8-18-10-13(14)15/h11-13,16H,3-10H2,1-2H3. The number of piperidine rings is 1. The average Bonchev–Trinajstić information content (AvgIpc) is 2.37. The normalized spacial score (nSPS) is 23.5. The summed E-state index contributed by atoms with van der Waals surface area (Å²) in [5.74, 6) is 0.661. The lowest BCUT2D eigenvalue weighted by Gasteiger charge is -2.35. The van der Waals surface area contributed by atoms with Crippen molar-refractivity contribution < 1.29 is 13.5 Å². The summed E-state index contributed by atoms with van der Waals surface area (Å²) < 4.78 is 28.5. The average molecular weight is 264 g/mol. The summed E-state index contributed by atoms with van der Waals surface area (Å²) in [6.45, 7) is 8.38. The van der Waals surface area contributed by atoms with Gasteiger partial charge < -0.3 is 15.0 Å². The van der Waals surface area contributed by atoms with Gasteiger partial charge in [0.05, 0.1) is 6.61 Å². The van der Waals surface area contributed by atoms with Crippen molar-refractivity contribution in [2.75, 3.05) is 39.4 Å². The Morgan fingerprint density at radius 2 is 2.22 bits per heavy atom. The molecule has 0 bridgehead atoms. The van der Waals surface area contributed by atoms with Crippen LogP contribution in [0.5, 0.6) is 0 Å². The maximum absolute atomic E-state index is 11.8. The highest BCUT2D eigenvalue weighted by Gasteiger charge is 2.23. The van der Waals surface area contributed by atoms with Crippen LogP contribution in [0.1, 0.15) is 26.7 Å². The van der Waals surface area contributed by atoms with E-state index in [1.807, 2.05) is 0 Å². The number of ether oxygens (including phenoxy) is 1. The summed E-state index contributed by atoms with van der Waals surface area (Å²) in [6, 6.07) is 0.425. The minimum absolute atomic E-state index is 0.360. The van der Waals surface area contributed by atoms with E-state index in [1.165, 1.54) is 19.4 Å². The van der Waals surface area contributed by atoms with Crippen LogP contribution in [-0.2, 0) is 4.74 Å². The molecule has 0 aromatic carbocycles. The van der Waals surface area contributed by atoms with Crippen LogP contribution in [0.4, 0.5) is 8.78 Å². The summed E-state index contributed by atoms with van der Waals surface area (Å²) in [6.07, 6.45) is 0.147. The summed E-state index contributed by atoms with van der Waals surface area (Å²) in [7, 11) is 0. The molecule has 0 aromatic heterocycles. The Hall–Kier alpha value is -0.260. The maximum atomic E-state index is 11.8. The van der Waals surface area contributed by atoms with Crippen molar-refractivity contribution in [3.8, 4) is 0 Å². The number of nitrogens with zero attached hydrogens (tertiary/aromatic N) is 1. The second kappa shape index (κ2) is 8.77. The number of hydrogen-bond donors (Lipinski definition) is 1. The zero-order valence-corrected chi connectivity index (χ0v) is 11.5. The Morgan fingerprint density at radius 3 is 2.89 bits per heavy atom. The summed E-state index contributed by atoms with van der Waals surface area (Å²) >= 11 is 0. The van der Waals surface area contributed by atoms with E-state index in [2.05, 4.69) is 24.1 Å².